The lowest BCUT2D eigenvalue weighted by Crippen LogP contribution is -2.50. The Balaban J connectivity index is 1.34. The lowest BCUT2D eigenvalue weighted by molar-refractivity contribution is -0.114. The second kappa shape index (κ2) is 8.89. The third-order valence-electron chi connectivity index (χ3n) is 5.21. The highest BCUT2D eigenvalue weighted by molar-refractivity contribution is 8.00. The number of rotatable bonds is 5. The molecule has 164 valence electrons. The lowest BCUT2D eigenvalue weighted by atomic mass is 10.2. The maximum Gasteiger partial charge on any atom is 0.241 e. The van der Waals surface area contributed by atoms with E-state index in [1.54, 1.807) is 18.2 Å². The Bertz CT molecular complexity index is 1110. The molecule has 31 heavy (non-hydrogen) atoms. The van der Waals surface area contributed by atoms with Gasteiger partial charge in [0.15, 0.2) is 0 Å². The normalized spacial score (nSPS) is 17.1. The van der Waals surface area contributed by atoms with Crippen LogP contribution in [-0.4, -0.2) is 62.2 Å². The number of hydrogen-bond donors (Lipinski definition) is 2. The van der Waals surface area contributed by atoms with Gasteiger partial charge in [0.25, 0.3) is 0 Å². The molecule has 2 amide bonds. The van der Waals surface area contributed by atoms with Crippen LogP contribution in [0.4, 0.5) is 17.1 Å². The molecule has 2 aromatic carbocycles. The molecular weight excluding hydrogens is 436 g/mol. The Labute approximate surface area is 186 Å². The zero-order valence-electron chi connectivity index (χ0n) is 17.1. The molecule has 1 saturated heterocycles. The third-order valence-corrected chi connectivity index (χ3v) is 8.06. The number of thioether (sulfide) groups is 1. The van der Waals surface area contributed by atoms with Gasteiger partial charge in [-0.1, -0.05) is 12.1 Å². The molecule has 0 radical (unpaired) electrons. The van der Waals surface area contributed by atoms with E-state index in [2.05, 4.69) is 21.6 Å². The van der Waals surface area contributed by atoms with Gasteiger partial charge in [0.2, 0.25) is 21.8 Å². The Hall–Kier alpha value is -2.56. The molecule has 10 heteroatoms. The van der Waals surface area contributed by atoms with E-state index in [1.165, 1.54) is 16.1 Å². The van der Waals surface area contributed by atoms with Crippen LogP contribution in [0, 0.1) is 6.92 Å². The molecule has 0 saturated carbocycles. The smallest absolute Gasteiger partial charge is 0.241 e. The number of fused-ring (bicyclic) bond motifs is 1. The molecule has 0 unspecified atom stereocenters. The second-order valence-corrected chi connectivity index (χ2v) is 10.6. The number of amides is 2. The van der Waals surface area contributed by atoms with Gasteiger partial charge in [-0.2, -0.15) is 4.31 Å². The van der Waals surface area contributed by atoms with Crippen LogP contribution in [0.25, 0.3) is 0 Å². The molecule has 0 aliphatic carbocycles. The van der Waals surface area contributed by atoms with Crippen molar-refractivity contribution in [2.24, 2.45) is 0 Å². The van der Waals surface area contributed by atoms with Gasteiger partial charge in [0.05, 0.1) is 11.4 Å². The second-order valence-electron chi connectivity index (χ2n) is 7.58. The molecule has 0 spiro atoms. The number of carbonyl (C=O) groups is 2. The summed E-state index contributed by atoms with van der Waals surface area (Å²) in [4.78, 5) is 27.0. The number of anilines is 3. The number of aryl methyl sites for hydroxylation is 1. The summed E-state index contributed by atoms with van der Waals surface area (Å²) in [6, 6.07) is 13.3. The largest absolute Gasteiger partial charge is 0.369 e. The fourth-order valence-electron chi connectivity index (χ4n) is 3.66. The first-order valence-corrected chi connectivity index (χ1v) is 12.6. The molecule has 4 rings (SSSR count). The van der Waals surface area contributed by atoms with Crippen molar-refractivity contribution >= 4 is 50.7 Å². The van der Waals surface area contributed by atoms with Crippen molar-refractivity contribution in [3.05, 3.63) is 48.0 Å². The van der Waals surface area contributed by atoms with Gasteiger partial charge in [-0.25, -0.2) is 8.42 Å². The molecule has 8 nitrogen and oxygen atoms in total. The summed E-state index contributed by atoms with van der Waals surface area (Å²) in [6.45, 7) is 3.86. The molecule has 1 fully saturated rings. The summed E-state index contributed by atoms with van der Waals surface area (Å²) in [5, 5.41) is 5.38. The zero-order chi connectivity index (χ0) is 22.0. The van der Waals surface area contributed by atoms with Gasteiger partial charge < -0.3 is 15.5 Å². The van der Waals surface area contributed by atoms with E-state index < -0.39 is 21.7 Å². The number of nitrogens with zero attached hydrogens (tertiary/aromatic N) is 2. The minimum atomic E-state index is -3.72. The topological polar surface area (TPSA) is 98.8 Å². The van der Waals surface area contributed by atoms with E-state index >= 15 is 0 Å². The highest BCUT2D eigenvalue weighted by Gasteiger charge is 2.29. The van der Waals surface area contributed by atoms with Gasteiger partial charge in [0.1, 0.15) is 5.75 Å². The number of nitrogens with one attached hydrogen (secondary N) is 2. The minimum absolute atomic E-state index is 0.103. The summed E-state index contributed by atoms with van der Waals surface area (Å²) in [7, 11) is -3.72. The molecule has 2 N–H and O–H groups in total. The van der Waals surface area contributed by atoms with Crippen LogP contribution in [0.1, 0.15) is 5.56 Å². The molecule has 0 atom stereocenters. The maximum absolute atomic E-state index is 12.7. The van der Waals surface area contributed by atoms with Gasteiger partial charge >= 0.3 is 0 Å². The fraction of sp³-hybridized carbons (Fsp3) is 0.333. The minimum Gasteiger partial charge on any atom is -0.369 e. The van der Waals surface area contributed by atoms with E-state index in [-0.39, 0.29) is 5.91 Å². The van der Waals surface area contributed by atoms with Crippen molar-refractivity contribution in [3.63, 3.8) is 0 Å². The van der Waals surface area contributed by atoms with Crippen molar-refractivity contribution in [3.8, 4) is 0 Å². The summed E-state index contributed by atoms with van der Waals surface area (Å²) < 4.78 is 26.9. The van der Waals surface area contributed by atoms with E-state index in [4.69, 9.17) is 0 Å². The van der Waals surface area contributed by atoms with Crippen LogP contribution in [0.15, 0.2) is 47.4 Å². The number of hydrogen-bond acceptors (Lipinski definition) is 6. The average Bonchev–Trinajstić information content (AvgIpc) is 2.73. The summed E-state index contributed by atoms with van der Waals surface area (Å²) in [5.41, 5.74) is 3.30. The van der Waals surface area contributed by atoms with Gasteiger partial charge in [-0.3, -0.25) is 9.59 Å². The summed E-state index contributed by atoms with van der Waals surface area (Å²) >= 11 is 1.42. The quantitative estimate of drug-likeness (QED) is 0.709. The van der Waals surface area contributed by atoms with Crippen molar-refractivity contribution in [2.45, 2.75) is 11.8 Å². The summed E-state index contributed by atoms with van der Waals surface area (Å²) in [6.07, 6.45) is 0. The molecule has 2 aliphatic rings. The van der Waals surface area contributed by atoms with Crippen molar-refractivity contribution in [2.75, 3.05) is 53.2 Å². The van der Waals surface area contributed by atoms with E-state index in [0.29, 0.717) is 43.3 Å². The van der Waals surface area contributed by atoms with E-state index in [9.17, 15) is 18.0 Å². The van der Waals surface area contributed by atoms with Crippen LogP contribution in [0.3, 0.4) is 0 Å². The Kier molecular flexibility index (Phi) is 6.22. The van der Waals surface area contributed by atoms with Crippen LogP contribution in [0.2, 0.25) is 0 Å². The van der Waals surface area contributed by atoms with Crippen LogP contribution in [0.5, 0.6) is 0 Å². The first-order valence-electron chi connectivity index (χ1n) is 9.96. The summed E-state index contributed by atoms with van der Waals surface area (Å²) in [5.74, 6) is -0.965. The maximum atomic E-state index is 12.7. The SMILES string of the molecule is Cc1cccc(N2CCN(S(=O)(=O)CC(=O)Nc3ccc4c(c3)NC(=O)CS4)CC2)c1. The monoisotopic (exact) mass is 460 g/mol. The Morgan fingerprint density at radius 3 is 2.65 bits per heavy atom. The Morgan fingerprint density at radius 1 is 1.13 bits per heavy atom. The highest BCUT2D eigenvalue weighted by atomic mass is 32.2. The molecule has 0 bridgehead atoms. The predicted molar refractivity (Wildman–Crippen MR) is 123 cm³/mol. The van der Waals surface area contributed by atoms with Crippen LogP contribution in [-0.2, 0) is 19.6 Å². The molecule has 0 aromatic heterocycles. The predicted octanol–water partition coefficient (Wildman–Crippen LogP) is 2.13. The van der Waals surface area contributed by atoms with E-state index in [0.717, 1.165) is 16.1 Å². The first kappa shape index (κ1) is 21.7. The van der Waals surface area contributed by atoms with Crippen molar-refractivity contribution in [1.29, 1.82) is 0 Å². The van der Waals surface area contributed by atoms with Gasteiger partial charge in [-0.05, 0) is 42.8 Å². The Morgan fingerprint density at radius 2 is 1.90 bits per heavy atom. The number of carbonyl (C=O) groups excluding carboxylic acids is 2. The van der Waals surface area contributed by atoms with Crippen molar-refractivity contribution < 1.29 is 18.0 Å². The zero-order valence-corrected chi connectivity index (χ0v) is 18.8. The van der Waals surface area contributed by atoms with Gasteiger partial charge in [0, 0.05) is 42.4 Å². The molecular formula is C21H24N4O4S2. The van der Waals surface area contributed by atoms with Gasteiger partial charge in [-0.15, -0.1) is 11.8 Å². The molecule has 2 aromatic rings. The number of benzene rings is 2. The number of piperazine rings is 1. The lowest BCUT2D eigenvalue weighted by Gasteiger charge is -2.35. The highest BCUT2D eigenvalue weighted by Crippen LogP contribution is 2.33. The van der Waals surface area contributed by atoms with Crippen LogP contribution < -0.4 is 15.5 Å². The molecule has 2 aliphatic heterocycles. The average molecular weight is 461 g/mol. The first-order chi connectivity index (χ1) is 14.8. The fourth-order valence-corrected chi connectivity index (χ4v) is 5.76. The van der Waals surface area contributed by atoms with Crippen LogP contribution >= 0.6 is 11.8 Å². The molecule has 2 heterocycles. The standard InChI is InChI=1S/C21H24N4O4S2/c1-15-3-2-4-17(11-15)24-7-9-25(10-8-24)31(28,29)14-21(27)22-16-5-6-19-18(12-16)23-20(26)13-30-19/h2-6,11-12H,7-10,13-14H2,1H3,(H,22,27)(H,23,26). The third kappa shape index (κ3) is 5.20. The van der Waals surface area contributed by atoms with Crippen molar-refractivity contribution in [1.82, 2.24) is 4.31 Å². The van der Waals surface area contributed by atoms with E-state index in [1.807, 2.05) is 25.1 Å². The number of sulfonamides is 1.